The number of aromatic nitrogens is 2. The van der Waals surface area contributed by atoms with Crippen LogP contribution < -0.4 is 0 Å². The summed E-state index contributed by atoms with van der Waals surface area (Å²) in [5, 5.41) is 13.7. The maximum absolute atomic E-state index is 8.78. The van der Waals surface area contributed by atoms with Gasteiger partial charge in [0.1, 0.15) is 0 Å². The van der Waals surface area contributed by atoms with Crippen LogP contribution in [-0.4, -0.2) is 15.0 Å². The van der Waals surface area contributed by atoms with Crippen LogP contribution in [0, 0.1) is 15.3 Å². The molecule has 1 aromatic carbocycles. The Kier molecular flexibility index (Phi) is 4.40. The molecule has 2 rings (SSSR count). The SMILES string of the molecule is CC(C#N)Sc1nn(-c2ccc(Cl)cc2)c(=S)s1. The molecule has 0 bridgehead atoms. The maximum Gasteiger partial charge on any atom is 0.184 e. The highest BCUT2D eigenvalue weighted by molar-refractivity contribution is 8.01. The lowest BCUT2D eigenvalue weighted by Crippen LogP contribution is -1.96. The molecule has 92 valence electrons. The van der Waals surface area contributed by atoms with E-state index < -0.39 is 0 Å². The van der Waals surface area contributed by atoms with Crippen LogP contribution >= 0.6 is 46.9 Å². The molecule has 0 amide bonds. The van der Waals surface area contributed by atoms with E-state index in [0.29, 0.717) is 8.98 Å². The molecular weight excluding hydrogens is 306 g/mol. The van der Waals surface area contributed by atoms with Crippen LogP contribution in [0.4, 0.5) is 0 Å². The summed E-state index contributed by atoms with van der Waals surface area (Å²) in [4.78, 5) is 0. The van der Waals surface area contributed by atoms with Crippen molar-refractivity contribution in [3.8, 4) is 11.8 Å². The predicted molar refractivity (Wildman–Crippen MR) is 78.2 cm³/mol. The smallest absolute Gasteiger partial charge is 0.184 e. The monoisotopic (exact) mass is 313 g/mol. The summed E-state index contributed by atoms with van der Waals surface area (Å²) in [5.41, 5.74) is 0.872. The summed E-state index contributed by atoms with van der Waals surface area (Å²) in [6, 6.07) is 9.47. The first kappa shape index (κ1) is 13.6. The van der Waals surface area contributed by atoms with Gasteiger partial charge < -0.3 is 0 Å². The van der Waals surface area contributed by atoms with Gasteiger partial charge in [0.25, 0.3) is 0 Å². The van der Waals surface area contributed by atoms with Crippen molar-refractivity contribution < 1.29 is 0 Å². The van der Waals surface area contributed by atoms with E-state index in [1.165, 1.54) is 23.1 Å². The second kappa shape index (κ2) is 5.85. The van der Waals surface area contributed by atoms with E-state index >= 15 is 0 Å². The zero-order chi connectivity index (χ0) is 13.1. The minimum absolute atomic E-state index is 0.135. The van der Waals surface area contributed by atoms with Gasteiger partial charge in [-0.15, -0.1) is 5.10 Å². The van der Waals surface area contributed by atoms with E-state index in [0.717, 1.165) is 10.0 Å². The fourth-order valence-electron chi connectivity index (χ4n) is 1.23. The van der Waals surface area contributed by atoms with E-state index in [2.05, 4.69) is 11.2 Å². The topological polar surface area (TPSA) is 41.6 Å². The number of halogens is 1. The average Bonchev–Trinajstić information content (AvgIpc) is 2.71. The Morgan fingerprint density at radius 1 is 1.50 bits per heavy atom. The Balaban J connectivity index is 2.33. The summed E-state index contributed by atoms with van der Waals surface area (Å²) in [6.07, 6.45) is 0. The zero-order valence-corrected chi connectivity index (χ0v) is 12.5. The molecule has 0 fully saturated rings. The summed E-state index contributed by atoms with van der Waals surface area (Å²) in [7, 11) is 0. The summed E-state index contributed by atoms with van der Waals surface area (Å²) >= 11 is 13.9. The molecule has 0 N–H and O–H groups in total. The normalized spacial score (nSPS) is 12.1. The Labute approximate surface area is 123 Å². The number of hydrogen-bond acceptors (Lipinski definition) is 5. The fourth-order valence-corrected chi connectivity index (χ4v) is 3.75. The van der Waals surface area contributed by atoms with Crippen molar-refractivity contribution in [3.63, 3.8) is 0 Å². The maximum atomic E-state index is 8.78. The first-order valence-corrected chi connectivity index (χ1v) is 7.51. The molecule has 7 heteroatoms. The number of rotatable bonds is 3. The van der Waals surface area contributed by atoms with Gasteiger partial charge in [0.15, 0.2) is 8.29 Å². The summed E-state index contributed by atoms with van der Waals surface area (Å²) in [5.74, 6) is 0. The molecule has 0 aliphatic heterocycles. The molecule has 0 saturated heterocycles. The van der Waals surface area contributed by atoms with Crippen LogP contribution in [0.15, 0.2) is 28.6 Å². The average molecular weight is 314 g/mol. The third-order valence-corrected chi connectivity index (χ3v) is 4.62. The van der Waals surface area contributed by atoms with Crippen LogP contribution in [0.3, 0.4) is 0 Å². The van der Waals surface area contributed by atoms with E-state index in [4.69, 9.17) is 29.1 Å². The highest BCUT2D eigenvalue weighted by Gasteiger charge is 2.09. The highest BCUT2D eigenvalue weighted by Crippen LogP contribution is 2.27. The van der Waals surface area contributed by atoms with Crippen LogP contribution in [0.1, 0.15) is 6.92 Å². The second-order valence-corrected chi connectivity index (χ2v) is 7.06. The van der Waals surface area contributed by atoms with Gasteiger partial charge >= 0.3 is 0 Å². The Hall–Kier alpha value is -0.870. The first-order valence-electron chi connectivity index (χ1n) is 5.02. The number of thioether (sulfide) groups is 1. The molecule has 0 radical (unpaired) electrons. The standard InChI is InChI=1S/C11H8ClN3S3/c1-7(6-13)17-10-14-15(11(16)18-10)9-4-2-8(12)3-5-9/h2-5,7H,1H3. The third kappa shape index (κ3) is 3.12. The molecule has 1 atom stereocenters. The van der Waals surface area contributed by atoms with Crippen molar-refractivity contribution in [1.82, 2.24) is 9.78 Å². The molecule has 0 aliphatic carbocycles. The molecule has 18 heavy (non-hydrogen) atoms. The van der Waals surface area contributed by atoms with Gasteiger partial charge in [-0.05, 0) is 43.4 Å². The molecule has 0 spiro atoms. The van der Waals surface area contributed by atoms with Gasteiger partial charge in [-0.1, -0.05) is 34.7 Å². The summed E-state index contributed by atoms with van der Waals surface area (Å²) < 4.78 is 3.14. The van der Waals surface area contributed by atoms with Crippen molar-refractivity contribution >= 4 is 46.9 Å². The molecule has 2 aromatic rings. The minimum Gasteiger partial charge on any atom is -0.211 e. The number of nitrogens with zero attached hydrogens (tertiary/aromatic N) is 3. The lowest BCUT2D eigenvalue weighted by atomic mass is 10.3. The lowest BCUT2D eigenvalue weighted by Gasteiger charge is -2.00. The van der Waals surface area contributed by atoms with Crippen molar-refractivity contribution in [3.05, 3.63) is 33.2 Å². The van der Waals surface area contributed by atoms with E-state index in [9.17, 15) is 0 Å². The molecule has 0 aliphatic rings. The van der Waals surface area contributed by atoms with Crippen molar-refractivity contribution in [2.24, 2.45) is 0 Å². The van der Waals surface area contributed by atoms with Gasteiger partial charge in [0.2, 0.25) is 0 Å². The molecule has 1 heterocycles. The molecular formula is C11H8ClN3S3. The highest BCUT2D eigenvalue weighted by atomic mass is 35.5. The predicted octanol–water partition coefficient (Wildman–Crippen LogP) is 4.32. The third-order valence-electron chi connectivity index (χ3n) is 2.06. The lowest BCUT2D eigenvalue weighted by molar-refractivity contribution is 0.829. The molecule has 3 nitrogen and oxygen atoms in total. The van der Waals surface area contributed by atoms with Gasteiger partial charge in [0.05, 0.1) is 17.0 Å². The van der Waals surface area contributed by atoms with Crippen LogP contribution in [-0.2, 0) is 0 Å². The Morgan fingerprint density at radius 3 is 2.78 bits per heavy atom. The largest absolute Gasteiger partial charge is 0.211 e. The second-order valence-electron chi connectivity index (χ2n) is 3.41. The molecule has 1 unspecified atom stereocenters. The van der Waals surface area contributed by atoms with E-state index in [-0.39, 0.29) is 5.25 Å². The van der Waals surface area contributed by atoms with E-state index in [1.54, 1.807) is 16.8 Å². The Bertz CT molecular complexity index is 639. The van der Waals surface area contributed by atoms with E-state index in [1.807, 2.05) is 19.1 Å². The zero-order valence-electron chi connectivity index (χ0n) is 9.33. The van der Waals surface area contributed by atoms with Crippen molar-refractivity contribution in [1.29, 1.82) is 5.26 Å². The van der Waals surface area contributed by atoms with Crippen molar-refractivity contribution in [2.45, 2.75) is 16.5 Å². The van der Waals surface area contributed by atoms with Gasteiger partial charge in [-0.3, -0.25) is 0 Å². The van der Waals surface area contributed by atoms with Gasteiger partial charge in [-0.25, -0.2) is 4.68 Å². The van der Waals surface area contributed by atoms with Crippen molar-refractivity contribution in [2.75, 3.05) is 0 Å². The van der Waals surface area contributed by atoms with Crippen LogP contribution in [0.2, 0.25) is 5.02 Å². The van der Waals surface area contributed by atoms with Crippen LogP contribution in [0.25, 0.3) is 5.69 Å². The number of hydrogen-bond donors (Lipinski definition) is 0. The Morgan fingerprint density at radius 2 is 2.17 bits per heavy atom. The van der Waals surface area contributed by atoms with Gasteiger partial charge in [-0.2, -0.15) is 5.26 Å². The number of benzene rings is 1. The van der Waals surface area contributed by atoms with Crippen LogP contribution in [0.5, 0.6) is 0 Å². The molecule has 0 saturated carbocycles. The molecule has 1 aromatic heterocycles. The fraction of sp³-hybridized carbons (Fsp3) is 0.182. The quantitative estimate of drug-likeness (QED) is 0.625. The minimum atomic E-state index is -0.135. The number of nitriles is 1. The summed E-state index contributed by atoms with van der Waals surface area (Å²) in [6.45, 7) is 1.84. The first-order chi connectivity index (χ1) is 8.60. The van der Waals surface area contributed by atoms with Gasteiger partial charge in [0, 0.05) is 5.02 Å².